The molecular weight excluding hydrogens is 293 g/mol. The molecule has 2 N–H and O–H groups in total. The fourth-order valence-corrected chi connectivity index (χ4v) is 2.41. The van der Waals surface area contributed by atoms with Crippen LogP contribution in [0.2, 0.25) is 10.0 Å². The molecule has 1 atom stereocenters. The molecule has 0 saturated heterocycles. The zero-order chi connectivity index (χ0) is 13.5. The van der Waals surface area contributed by atoms with Gasteiger partial charge in [-0.05, 0) is 30.9 Å². The first-order valence-electron chi connectivity index (χ1n) is 5.44. The van der Waals surface area contributed by atoms with Gasteiger partial charge in [0.1, 0.15) is 0 Å². The highest BCUT2D eigenvalue weighted by Gasteiger charge is 2.13. The van der Waals surface area contributed by atoms with E-state index in [-0.39, 0.29) is 18.6 Å². The number of carbonyl (C=O) groups is 1. The Balaban J connectivity index is 2.70. The fraction of sp³-hybridized carbons (Fsp3) is 0.417. The summed E-state index contributed by atoms with van der Waals surface area (Å²) < 4.78 is 0. The second kappa shape index (κ2) is 7.89. The lowest BCUT2D eigenvalue weighted by Gasteiger charge is -2.16. The van der Waals surface area contributed by atoms with Gasteiger partial charge >= 0.3 is 0 Å². The van der Waals surface area contributed by atoms with Crippen LogP contribution in [0.1, 0.15) is 16.8 Å². The van der Waals surface area contributed by atoms with E-state index >= 15 is 0 Å². The lowest BCUT2D eigenvalue weighted by molar-refractivity contribution is 0.0935. The predicted octanol–water partition coefficient (Wildman–Crippen LogP) is 2.84. The molecule has 1 aromatic rings. The van der Waals surface area contributed by atoms with Gasteiger partial charge in [0.05, 0.1) is 10.0 Å². The Labute approximate surface area is 121 Å². The van der Waals surface area contributed by atoms with Crippen molar-refractivity contribution >= 4 is 40.9 Å². The van der Waals surface area contributed by atoms with E-state index in [1.165, 1.54) is 6.07 Å². The van der Waals surface area contributed by atoms with E-state index in [0.29, 0.717) is 22.0 Å². The van der Waals surface area contributed by atoms with Crippen LogP contribution in [0.4, 0.5) is 0 Å². The Morgan fingerprint density at radius 1 is 1.44 bits per heavy atom. The van der Waals surface area contributed by atoms with Crippen LogP contribution in [0, 0.1) is 0 Å². The summed E-state index contributed by atoms with van der Waals surface area (Å²) in [4.78, 5) is 12.0. The summed E-state index contributed by atoms with van der Waals surface area (Å²) >= 11 is 13.3. The molecule has 0 aliphatic carbocycles. The Hall–Kier alpha value is -0.420. The Morgan fingerprint density at radius 2 is 2.17 bits per heavy atom. The predicted molar refractivity (Wildman–Crippen MR) is 77.8 cm³/mol. The Kier molecular flexibility index (Phi) is 6.86. The lowest BCUT2D eigenvalue weighted by Crippen LogP contribution is -2.37. The molecule has 0 heterocycles. The van der Waals surface area contributed by atoms with Crippen molar-refractivity contribution in [3.63, 3.8) is 0 Å². The number of hydrogen-bond acceptors (Lipinski definition) is 3. The summed E-state index contributed by atoms with van der Waals surface area (Å²) in [7, 11) is 0. The molecule has 3 nitrogen and oxygen atoms in total. The van der Waals surface area contributed by atoms with Crippen molar-refractivity contribution in [3.8, 4) is 0 Å². The monoisotopic (exact) mass is 307 g/mol. The second-order valence-corrected chi connectivity index (χ2v) is 5.49. The van der Waals surface area contributed by atoms with Crippen LogP contribution in [0.3, 0.4) is 0 Å². The van der Waals surface area contributed by atoms with Crippen molar-refractivity contribution < 1.29 is 9.90 Å². The van der Waals surface area contributed by atoms with Crippen LogP contribution < -0.4 is 5.32 Å². The first kappa shape index (κ1) is 15.6. The number of aliphatic hydroxyl groups is 1. The van der Waals surface area contributed by atoms with Gasteiger partial charge in [-0.25, -0.2) is 0 Å². The zero-order valence-electron chi connectivity index (χ0n) is 9.95. The van der Waals surface area contributed by atoms with Gasteiger partial charge in [-0.2, -0.15) is 11.8 Å². The Morgan fingerprint density at radius 3 is 2.72 bits per heavy atom. The van der Waals surface area contributed by atoms with Crippen LogP contribution in [0.5, 0.6) is 0 Å². The summed E-state index contributed by atoms with van der Waals surface area (Å²) in [5.41, 5.74) is 0.466. The van der Waals surface area contributed by atoms with Gasteiger partial charge in [-0.1, -0.05) is 23.2 Å². The first-order valence-corrected chi connectivity index (χ1v) is 7.59. The lowest BCUT2D eigenvalue weighted by atomic mass is 10.2. The average Bonchev–Trinajstić information content (AvgIpc) is 2.33. The van der Waals surface area contributed by atoms with Crippen molar-refractivity contribution in [1.29, 1.82) is 0 Å². The molecule has 0 aromatic heterocycles. The van der Waals surface area contributed by atoms with E-state index in [9.17, 15) is 4.79 Å². The topological polar surface area (TPSA) is 49.3 Å². The van der Waals surface area contributed by atoms with Crippen molar-refractivity contribution in [2.24, 2.45) is 0 Å². The van der Waals surface area contributed by atoms with E-state index < -0.39 is 0 Å². The number of hydrogen-bond donors (Lipinski definition) is 2. The highest BCUT2D eigenvalue weighted by atomic mass is 35.5. The molecule has 18 heavy (non-hydrogen) atoms. The summed E-state index contributed by atoms with van der Waals surface area (Å²) in [5, 5.41) is 12.6. The van der Waals surface area contributed by atoms with Crippen LogP contribution in [-0.4, -0.2) is 35.7 Å². The highest BCUT2D eigenvalue weighted by molar-refractivity contribution is 7.98. The molecule has 0 aliphatic heterocycles. The number of carbonyl (C=O) groups excluding carboxylic acids is 1. The van der Waals surface area contributed by atoms with Crippen LogP contribution >= 0.6 is 35.0 Å². The van der Waals surface area contributed by atoms with Crippen LogP contribution in [0.25, 0.3) is 0 Å². The normalized spacial score (nSPS) is 12.2. The number of aliphatic hydroxyl groups excluding tert-OH is 1. The zero-order valence-corrected chi connectivity index (χ0v) is 12.3. The summed E-state index contributed by atoms with van der Waals surface area (Å²) in [5.74, 6) is 0.550. The molecule has 0 bridgehead atoms. The van der Waals surface area contributed by atoms with Gasteiger partial charge in [-0.15, -0.1) is 0 Å². The number of amides is 1. The number of rotatable bonds is 6. The standard InChI is InChI=1S/C12H15Cl2NO2S/c1-18-7-9(4-5-16)15-12(17)8-2-3-10(13)11(14)6-8/h2-3,6,9,16H,4-5,7H2,1H3,(H,15,17). The third-order valence-electron chi connectivity index (χ3n) is 2.36. The SMILES string of the molecule is CSCC(CCO)NC(=O)c1ccc(Cl)c(Cl)c1. The van der Waals surface area contributed by atoms with E-state index in [2.05, 4.69) is 5.32 Å². The van der Waals surface area contributed by atoms with Gasteiger partial charge < -0.3 is 10.4 Å². The maximum Gasteiger partial charge on any atom is 0.251 e. The van der Waals surface area contributed by atoms with Crippen molar-refractivity contribution in [3.05, 3.63) is 33.8 Å². The molecule has 1 unspecified atom stereocenters. The maximum absolute atomic E-state index is 12.0. The van der Waals surface area contributed by atoms with E-state index in [0.717, 1.165) is 5.75 Å². The summed E-state index contributed by atoms with van der Waals surface area (Å²) in [6, 6.07) is 4.70. The number of nitrogens with one attached hydrogen (secondary N) is 1. The molecule has 0 radical (unpaired) electrons. The van der Waals surface area contributed by atoms with E-state index in [1.54, 1.807) is 23.9 Å². The second-order valence-electron chi connectivity index (χ2n) is 3.77. The minimum atomic E-state index is -0.207. The number of halogens is 2. The molecule has 1 rings (SSSR count). The quantitative estimate of drug-likeness (QED) is 0.849. The molecule has 0 aliphatic rings. The third kappa shape index (κ3) is 4.69. The summed E-state index contributed by atoms with van der Waals surface area (Å²) in [6.07, 6.45) is 2.49. The van der Waals surface area contributed by atoms with Crippen LogP contribution in [0.15, 0.2) is 18.2 Å². The van der Waals surface area contributed by atoms with Gasteiger partial charge in [0.2, 0.25) is 0 Å². The van der Waals surface area contributed by atoms with Gasteiger partial charge in [0.15, 0.2) is 0 Å². The molecule has 0 fully saturated rings. The number of benzene rings is 1. The van der Waals surface area contributed by atoms with Gasteiger partial charge in [0.25, 0.3) is 5.91 Å². The van der Waals surface area contributed by atoms with Gasteiger partial charge in [0, 0.05) is 24.0 Å². The molecule has 0 saturated carbocycles. The van der Waals surface area contributed by atoms with Crippen molar-refractivity contribution in [1.82, 2.24) is 5.32 Å². The third-order valence-corrected chi connectivity index (χ3v) is 3.84. The van der Waals surface area contributed by atoms with Crippen LogP contribution in [-0.2, 0) is 0 Å². The van der Waals surface area contributed by atoms with Crippen molar-refractivity contribution in [2.75, 3.05) is 18.6 Å². The Bertz CT molecular complexity index is 409. The molecule has 1 aromatic carbocycles. The molecule has 1 amide bonds. The molecule has 100 valence electrons. The van der Waals surface area contributed by atoms with Crippen molar-refractivity contribution in [2.45, 2.75) is 12.5 Å². The van der Waals surface area contributed by atoms with Gasteiger partial charge in [-0.3, -0.25) is 4.79 Å². The van der Waals surface area contributed by atoms with E-state index in [1.807, 2.05) is 6.26 Å². The minimum Gasteiger partial charge on any atom is -0.396 e. The highest BCUT2D eigenvalue weighted by Crippen LogP contribution is 2.22. The first-order chi connectivity index (χ1) is 8.58. The smallest absolute Gasteiger partial charge is 0.251 e. The fourth-order valence-electron chi connectivity index (χ4n) is 1.46. The minimum absolute atomic E-state index is 0.0485. The maximum atomic E-state index is 12.0. The van der Waals surface area contributed by atoms with E-state index in [4.69, 9.17) is 28.3 Å². The largest absolute Gasteiger partial charge is 0.396 e. The summed E-state index contributed by atoms with van der Waals surface area (Å²) in [6.45, 7) is 0.0485. The molecular formula is C12H15Cl2NO2S. The average molecular weight is 308 g/mol. The number of thioether (sulfide) groups is 1. The molecule has 0 spiro atoms. The molecule has 6 heteroatoms.